The van der Waals surface area contributed by atoms with Gasteiger partial charge in [-0.15, -0.1) is 0 Å². The molecule has 8 heteroatoms. The second-order valence-corrected chi connectivity index (χ2v) is 3.71. The number of alkyl halides is 3. The average Bonchev–Trinajstić information content (AvgIpc) is 2.35. The van der Waals surface area contributed by atoms with Crippen LogP contribution in [0.2, 0.25) is 0 Å². The van der Waals surface area contributed by atoms with Gasteiger partial charge in [-0.2, -0.15) is 13.2 Å². The number of carbonyl (C=O) groups is 1. The molecule has 19 heavy (non-hydrogen) atoms. The SMILES string of the molecule is COC(=O)C(N)Cc1cccnc1OCC(F)(F)F. The Morgan fingerprint density at radius 1 is 1.53 bits per heavy atom. The fraction of sp³-hybridized carbons (Fsp3) is 0.455. The first-order chi connectivity index (χ1) is 8.83. The first kappa shape index (κ1) is 15.2. The minimum Gasteiger partial charge on any atom is -0.468 e. The highest BCUT2D eigenvalue weighted by Gasteiger charge is 2.29. The van der Waals surface area contributed by atoms with Crippen LogP contribution in [0, 0.1) is 0 Å². The van der Waals surface area contributed by atoms with Crippen LogP contribution in [0.25, 0.3) is 0 Å². The molecule has 0 fully saturated rings. The number of ether oxygens (including phenoxy) is 2. The van der Waals surface area contributed by atoms with Crippen LogP contribution in [-0.2, 0) is 16.0 Å². The molecular weight excluding hydrogens is 265 g/mol. The van der Waals surface area contributed by atoms with E-state index in [0.29, 0.717) is 5.56 Å². The predicted molar refractivity (Wildman–Crippen MR) is 59.5 cm³/mol. The molecule has 1 aromatic heterocycles. The van der Waals surface area contributed by atoms with Crippen LogP contribution in [-0.4, -0.2) is 36.9 Å². The van der Waals surface area contributed by atoms with E-state index >= 15 is 0 Å². The molecule has 0 aliphatic carbocycles. The summed E-state index contributed by atoms with van der Waals surface area (Å²) in [5.41, 5.74) is 5.84. The zero-order chi connectivity index (χ0) is 14.5. The van der Waals surface area contributed by atoms with Gasteiger partial charge in [0.05, 0.1) is 7.11 Å². The van der Waals surface area contributed by atoms with Gasteiger partial charge in [-0.25, -0.2) is 4.98 Å². The van der Waals surface area contributed by atoms with Gasteiger partial charge >= 0.3 is 12.1 Å². The van der Waals surface area contributed by atoms with E-state index in [2.05, 4.69) is 14.5 Å². The summed E-state index contributed by atoms with van der Waals surface area (Å²) in [4.78, 5) is 14.8. The molecule has 0 amide bonds. The van der Waals surface area contributed by atoms with Crippen molar-refractivity contribution in [1.82, 2.24) is 4.98 Å². The molecule has 1 atom stereocenters. The van der Waals surface area contributed by atoms with Crippen molar-refractivity contribution in [3.05, 3.63) is 23.9 Å². The first-order valence-corrected chi connectivity index (χ1v) is 5.30. The number of hydrogen-bond donors (Lipinski definition) is 1. The molecule has 1 unspecified atom stereocenters. The third-order valence-electron chi connectivity index (χ3n) is 2.17. The molecule has 5 nitrogen and oxygen atoms in total. The van der Waals surface area contributed by atoms with E-state index in [9.17, 15) is 18.0 Å². The Balaban J connectivity index is 2.75. The van der Waals surface area contributed by atoms with Gasteiger partial charge in [-0.3, -0.25) is 4.79 Å². The van der Waals surface area contributed by atoms with Crippen molar-refractivity contribution >= 4 is 5.97 Å². The van der Waals surface area contributed by atoms with Crippen molar-refractivity contribution in [3.8, 4) is 5.88 Å². The van der Waals surface area contributed by atoms with Crippen LogP contribution >= 0.6 is 0 Å². The predicted octanol–water partition coefficient (Wildman–Crippen LogP) is 1.07. The Morgan fingerprint density at radius 2 is 2.21 bits per heavy atom. The molecule has 1 aromatic rings. The summed E-state index contributed by atoms with van der Waals surface area (Å²) < 4.78 is 45.2. The largest absolute Gasteiger partial charge is 0.468 e. The number of esters is 1. The molecular formula is C11H13F3N2O3. The minimum absolute atomic E-state index is 0.0201. The number of pyridine rings is 1. The molecule has 0 aliphatic heterocycles. The normalized spacial score (nSPS) is 12.9. The van der Waals surface area contributed by atoms with Crippen molar-refractivity contribution in [2.75, 3.05) is 13.7 Å². The van der Waals surface area contributed by atoms with Crippen LogP contribution in [0.3, 0.4) is 0 Å². The highest BCUT2D eigenvalue weighted by Crippen LogP contribution is 2.20. The van der Waals surface area contributed by atoms with Crippen molar-refractivity contribution < 1.29 is 27.4 Å². The number of nitrogens with two attached hydrogens (primary N) is 1. The van der Waals surface area contributed by atoms with Gasteiger partial charge in [0.1, 0.15) is 6.04 Å². The second-order valence-electron chi connectivity index (χ2n) is 3.71. The second kappa shape index (κ2) is 6.37. The number of hydrogen-bond acceptors (Lipinski definition) is 5. The summed E-state index contributed by atoms with van der Waals surface area (Å²) in [5.74, 6) is -0.857. The van der Waals surface area contributed by atoms with Crippen molar-refractivity contribution in [2.45, 2.75) is 18.6 Å². The van der Waals surface area contributed by atoms with E-state index in [1.165, 1.54) is 25.4 Å². The molecule has 106 valence electrons. The maximum absolute atomic E-state index is 12.1. The summed E-state index contributed by atoms with van der Waals surface area (Å²) in [6.45, 7) is -1.45. The molecule has 0 spiro atoms. The third-order valence-corrected chi connectivity index (χ3v) is 2.17. The molecule has 1 heterocycles. The lowest BCUT2D eigenvalue weighted by atomic mass is 10.1. The van der Waals surface area contributed by atoms with Gasteiger partial charge in [0.2, 0.25) is 5.88 Å². The fourth-order valence-electron chi connectivity index (χ4n) is 1.33. The quantitative estimate of drug-likeness (QED) is 0.815. The molecule has 2 N–H and O–H groups in total. The Kier molecular flexibility index (Phi) is 5.11. The van der Waals surface area contributed by atoms with Gasteiger partial charge in [0, 0.05) is 18.2 Å². The summed E-state index contributed by atoms with van der Waals surface area (Å²) in [6, 6.07) is 2.02. The average molecular weight is 278 g/mol. The van der Waals surface area contributed by atoms with E-state index in [0.717, 1.165) is 0 Å². The zero-order valence-corrected chi connectivity index (χ0v) is 10.1. The van der Waals surface area contributed by atoms with Crippen molar-refractivity contribution in [2.24, 2.45) is 5.73 Å². The lowest BCUT2D eigenvalue weighted by Gasteiger charge is -2.14. The van der Waals surface area contributed by atoms with Crippen LogP contribution in [0.15, 0.2) is 18.3 Å². The summed E-state index contributed by atoms with van der Waals surface area (Å²) in [6.07, 6.45) is -3.19. The van der Waals surface area contributed by atoms with E-state index in [-0.39, 0.29) is 12.3 Å². The Hall–Kier alpha value is -1.83. The zero-order valence-electron chi connectivity index (χ0n) is 10.1. The monoisotopic (exact) mass is 278 g/mol. The lowest BCUT2D eigenvalue weighted by molar-refractivity contribution is -0.154. The number of aromatic nitrogens is 1. The Morgan fingerprint density at radius 3 is 2.79 bits per heavy atom. The fourth-order valence-corrected chi connectivity index (χ4v) is 1.33. The molecule has 0 aliphatic rings. The number of methoxy groups -OCH3 is 1. The summed E-state index contributed by atoms with van der Waals surface area (Å²) >= 11 is 0. The summed E-state index contributed by atoms with van der Waals surface area (Å²) in [7, 11) is 1.17. The number of nitrogens with zero attached hydrogens (tertiary/aromatic N) is 1. The highest BCUT2D eigenvalue weighted by atomic mass is 19.4. The maximum atomic E-state index is 12.1. The van der Waals surface area contributed by atoms with Gasteiger partial charge in [0.15, 0.2) is 6.61 Å². The first-order valence-electron chi connectivity index (χ1n) is 5.30. The van der Waals surface area contributed by atoms with Gasteiger partial charge in [0.25, 0.3) is 0 Å². The van der Waals surface area contributed by atoms with E-state index in [1.807, 2.05) is 0 Å². The molecule has 0 bridgehead atoms. The lowest BCUT2D eigenvalue weighted by Crippen LogP contribution is -2.34. The Labute approximate surface area is 107 Å². The molecule has 0 radical (unpaired) electrons. The standard InChI is InChI=1S/C11H13F3N2O3/c1-18-10(17)8(15)5-7-3-2-4-16-9(7)19-6-11(12,13)14/h2-4,8H,5-6,15H2,1H3. The van der Waals surface area contributed by atoms with E-state index in [1.54, 1.807) is 0 Å². The van der Waals surface area contributed by atoms with Gasteiger partial charge < -0.3 is 15.2 Å². The van der Waals surface area contributed by atoms with Crippen LogP contribution in [0.4, 0.5) is 13.2 Å². The van der Waals surface area contributed by atoms with Crippen LogP contribution in [0.1, 0.15) is 5.56 Å². The third kappa shape index (κ3) is 5.12. The van der Waals surface area contributed by atoms with Crippen molar-refractivity contribution in [1.29, 1.82) is 0 Å². The number of carbonyl (C=O) groups excluding carboxylic acids is 1. The molecule has 1 rings (SSSR count). The smallest absolute Gasteiger partial charge is 0.422 e. The summed E-state index contributed by atoms with van der Waals surface area (Å²) in [5, 5.41) is 0. The highest BCUT2D eigenvalue weighted by molar-refractivity contribution is 5.75. The maximum Gasteiger partial charge on any atom is 0.422 e. The van der Waals surface area contributed by atoms with Gasteiger partial charge in [-0.05, 0) is 6.07 Å². The van der Waals surface area contributed by atoms with Gasteiger partial charge in [-0.1, -0.05) is 6.07 Å². The van der Waals surface area contributed by atoms with E-state index in [4.69, 9.17) is 5.73 Å². The topological polar surface area (TPSA) is 74.4 Å². The van der Waals surface area contributed by atoms with E-state index < -0.39 is 24.8 Å². The molecule has 0 saturated carbocycles. The Bertz CT molecular complexity index is 437. The number of rotatable bonds is 5. The van der Waals surface area contributed by atoms with Crippen molar-refractivity contribution in [3.63, 3.8) is 0 Å². The molecule has 0 aromatic carbocycles. The molecule has 0 saturated heterocycles. The van der Waals surface area contributed by atoms with Crippen LogP contribution < -0.4 is 10.5 Å². The minimum atomic E-state index is -4.46. The number of halogens is 3. The van der Waals surface area contributed by atoms with Crippen LogP contribution in [0.5, 0.6) is 5.88 Å².